The monoisotopic (exact) mass is 400 g/mol. The summed E-state index contributed by atoms with van der Waals surface area (Å²) in [5.41, 5.74) is 2.28. The number of methoxy groups -OCH3 is 1. The number of carbonyl (C=O) groups excluding carboxylic acids is 1. The Kier molecular flexibility index (Phi) is 8.31. The molecule has 2 rings (SSSR count). The summed E-state index contributed by atoms with van der Waals surface area (Å²) in [6, 6.07) is 5.50. The van der Waals surface area contributed by atoms with E-state index in [1.165, 1.54) is 14.0 Å². The van der Waals surface area contributed by atoms with Crippen LogP contribution in [0.4, 0.5) is 5.69 Å². The number of ether oxygens (including phenoxy) is 2. The molecule has 29 heavy (non-hydrogen) atoms. The first-order chi connectivity index (χ1) is 13.9. The molecule has 0 atom stereocenters. The molecule has 1 aromatic heterocycles. The fourth-order valence-electron chi connectivity index (χ4n) is 3.21. The molecule has 0 aliphatic carbocycles. The molecule has 0 aliphatic heterocycles. The molecular weight excluding hydrogens is 368 g/mol. The molecule has 0 saturated carbocycles. The maximum Gasteiger partial charge on any atom is 0.297 e. The number of pyridine rings is 1. The predicted octanol–water partition coefficient (Wildman–Crippen LogP) is 4.89. The summed E-state index contributed by atoms with van der Waals surface area (Å²) in [4.78, 5) is 24.7. The molecule has 1 N–H and O–H groups in total. The van der Waals surface area contributed by atoms with E-state index >= 15 is 0 Å². The minimum Gasteiger partial charge on any atom is -0.488 e. The molecule has 6 heteroatoms. The number of nitrogens with one attached hydrogen (secondary N) is 1. The number of aryl methyl sites for hydroxylation is 1. The summed E-state index contributed by atoms with van der Waals surface area (Å²) in [6.45, 7) is 8.54. The quantitative estimate of drug-likeness (QED) is 0.455. The number of unbranched alkanes of at least 4 members (excludes halogenated alkanes) is 3. The molecule has 0 unspecified atom stereocenters. The van der Waals surface area contributed by atoms with Gasteiger partial charge in [-0.15, -0.1) is 0 Å². The number of fused-ring (bicyclic) bond motifs is 1. The van der Waals surface area contributed by atoms with E-state index in [2.05, 4.69) is 12.2 Å². The van der Waals surface area contributed by atoms with Crippen LogP contribution in [0.3, 0.4) is 0 Å². The Hall–Kier alpha value is -2.76. The van der Waals surface area contributed by atoms with Crippen molar-refractivity contribution in [2.24, 2.45) is 0 Å². The zero-order valence-electron chi connectivity index (χ0n) is 18.1. The second kappa shape index (κ2) is 10.7. The Morgan fingerprint density at radius 3 is 2.52 bits per heavy atom. The average Bonchev–Trinajstić information content (AvgIpc) is 2.66. The van der Waals surface area contributed by atoms with Crippen LogP contribution in [0.5, 0.6) is 11.5 Å². The van der Waals surface area contributed by atoms with E-state index in [0.29, 0.717) is 24.6 Å². The van der Waals surface area contributed by atoms with E-state index in [1.807, 2.05) is 38.1 Å². The smallest absolute Gasteiger partial charge is 0.297 e. The summed E-state index contributed by atoms with van der Waals surface area (Å²) in [5.74, 6) is 0.487. The number of hydrogen-bond donors (Lipinski definition) is 1. The molecule has 2 aromatic rings. The Morgan fingerprint density at radius 2 is 1.90 bits per heavy atom. The lowest BCUT2D eigenvalue weighted by molar-refractivity contribution is -0.114. The fraction of sp³-hybridized carbons (Fsp3) is 0.478. The Balaban J connectivity index is 2.61. The lowest BCUT2D eigenvalue weighted by Crippen LogP contribution is -2.23. The molecule has 0 spiro atoms. The summed E-state index contributed by atoms with van der Waals surface area (Å²) >= 11 is 0. The first kappa shape index (κ1) is 22.5. The summed E-state index contributed by atoms with van der Waals surface area (Å²) in [7, 11) is 1.49. The zero-order valence-corrected chi connectivity index (χ0v) is 18.1. The van der Waals surface area contributed by atoms with Crippen molar-refractivity contribution in [2.45, 2.75) is 59.9 Å². The van der Waals surface area contributed by atoms with Crippen molar-refractivity contribution in [3.63, 3.8) is 0 Å². The molecule has 6 nitrogen and oxygen atoms in total. The molecular formula is C23H32N2O4. The molecule has 1 heterocycles. The average molecular weight is 401 g/mol. The van der Waals surface area contributed by atoms with E-state index in [-0.39, 0.29) is 17.2 Å². The van der Waals surface area contributed by atoms with Gasteiger partial charge in [-0.05, 0) is 44.5 Å². The summed E-state index contributed by atoms with van der Waals surface area (Å²) < 4.78 is 13.1. The molecule has 0 saturated heterocycles. The van der Waals surface area contributed by atoms with E-state index < -0.39 is 0 Å². The van der Waals surface area contributed by atoms with Gasteiger partial charge in [-0.25, -0.2) is 0 Å². The van der Waals surface area contributed by atoms with Crippen molar-refractivity contribution < 1.29 is 14.3 Å². The number of benzene rings is 1. The number of nitrogens with zero attached hydrogens (tertiary/aromatic N) is 1. The highest BCUT2D eigenvalue weighted by Crippen LogP contribution is 2.34. The van der Waals surface area contributed by atoms with Crippen LogP contribution in [0.15, 0.2) is 34.6 Å². The maximum absolute atomic E-state index is 13.2. The van der Waals surface area contributed by atoms with Crippen LogP contribution >= 0.6 is 0 Å². The van der Waals surface area contributed by atoms with Crippen LogP contribution in [0.25, 0.3) is 10.9 Å². The van der Waals surface area contributed by atoms with Crippen molar-refractivity contribution >= 4 is 22.5 Å². The Labute approximate surface area is 172 Å². The normalized spacial score (nSPS) is 10.7. The Morgan fingerprint density at radius 1 is 1.14 bits per heavy atom. The number of amides is 1. The van der Waals surface area contributed by atoms with E-state index in [1.54, 1.807) is 4.57 Å². The van der Waals surface area contributed by atoms with Gasteiger partial charge >= 0.3 is 0 Å². The first-order valence-electron chi connectivity index (χ1n) is 10.2. The van der Waals surface area contributed by atoms with Crippen LogP contribution in [0.2, 0.25) is 0 Å². The predicted molar refractivity (Wildman–Crippen MR) is 118 cm³/mol. The zero-order chi connectivity index (χ0) is 21.4. The van der Waals surface area contributed by atoms with Crippen LogP contribution in [0, 0.1) is 0 Å². The molecule has 1 aromatic carbocycles. The standard InChI is InChI=1S/C23H32N2O4/c1-6-7-8-9-13-25-20-15-18(24-17(4)26)10-11-19(20)21(22(28-5)23(25)27)29-14-12-16(2)3/h10-12,15H,6-9,13-14H2,1-5H3,(H,24,26). The van der Waals surface area contributed by atoms with Gasteiger partial charge < -0.3 is 19.4 Å². The minimum absolute atomic E-state index is 0.158. The topological polar surface area (TPSA) is 69.6 Å². The van der Waals surface area contributed by atoms with Gasteiger partial charge in [0.05, 0.1) is 12.6 Å². The second-order valence-electron chi connectivity index (χ2n) is 7.39. The summed E-state index contributed by atoms with van der Waals surface area (Å²) in [5, 5.41) is 3.58. The largest absolute Gasteiger partial charge is 0.488 e. The van der Waals surface area contributed by atoms with Crippen molar-refractivity contribution in [1.82, 2.24) is 4.57 Å². The van der Waals surface area contributed by atoms with Crippen LogP contribution in [-0.2, 0) is 11.3 Å². The van der Waals surface area contributed by atoms with Gasteiger partial charge in [-0.2, -0.15) is 0 Å². The van der Waals surface area contributed by atoms with E-state index in [4.69, 9.17) is 9.47 Å². The van der Waals surface area contributed by atoms with E-state index in [9.17, 15) is 9.59 Å². The lowest BCUT2D eigenvalue weighted by Gasteiger charge is -2.18. The van der Waals surface area contributed by atoms with Gasteiger partial charge in [0.15, 0.2) is 5.75 Å². The second-order valence-corrected chi connectivity index (χ2v) is 7.39. The third kappa shape index (κ3) is 5.86. The van der Waals surface area contributed by atoms with Crippen LogP contribution < -0.4 is 20.3 Å². The maximum atomic E-state index is 13.2. The highest BCUT2D eigenvalue weighted by molar-refractivity contribution is 5.94. The molecule has 158 valence electrons. The van der Waals surface area contributed by atoms with E-state index in [0.717, 1.165) is 42.2 Å². The van der Waals surface area contributed by atoms with Gasteiger partial charge in [0.25, 0.3) is 5.56 Å². The Bertz CT molecular complexity index is 940. The highest BCUT2D eigenvalue weighted by Gasteiger charge is 2.19. The van der Waals surface area contributed by atoms with Crippen molar-refractivity contribution in [1.29, 1.82) is 0 Å². The van der Waals surface area contributed by atoms with Gasteiger partial charge in [0.2, 0.25) is 11.7 Å². The third-order valence-electron chi connectivity index (χ3n) is 4.66. The first-order valence-corrected chi connectivity index (χ1v) is 10.2. The number of rotatable bonds is 10. The molecule has 0 aliphatic rings. The molecule has 0 fully saturated rings. The van der Waals surface area contributed by atoms with Gasteiger partial charge in [0, 0.05) is 24.5 Å². The highest BCUT2D eigenvalue weighted by atomic mass is 16.5. The van der Waals surface area contributed by atoms with Gasteiger partial charge in [-0.1, -0.05) is 31.8 Å². The third-order valence-corrected chi connectivity index (χ3v) is 4.66. The van der Waals surface area contributed by atoms with Crippen LogP contribution in [0.1, 0.15) is 53.4 Å². The van der Waals surface area contributed by atoms with Crippen molar-refractivity contribution in [3.05, 3.63) is 40.2 Å². The van der Waals surface area contributed by atoms with Crippen molar-refractivity contribution in [3.8, 4) is 11.5 Å². The molecule has 0 radical (unpaired) electrons. The van der Waals surface area contributed by atoms with Crippen LogP contribution in [-0.4, -0.2) is 24.2 Å². The van der Waals surface area contributed by atoms with Crippen molar-refractivity contribution in [2.75, 3.05) is 19.0 Å². The summed E-state index contributed by atoms with van der Waals surface area (Å²) in [6.07, 6.45) is 6.16. The molecule has 0 bridgehead atoms. The number of carbonyl (C=O) groups is 1. The lowest BCUT2D eigenvalue weighted by atomic mass is 10.1. The SMILES string of the molecule is CCCCCCn1c(=O)c(OC)c(OCC=C(C)C)c2ccc(NC(C)=O)cc21. The minimum atomic E-state index is -0.219. The van der Waals surface area contributed by atoms with Gasteiger partial charge in [0.1, 0.15) is 6.61 Å². The van der Waals surface area contributed by atoms with Gasteiger partial charge in [-0.3, -0.25) is 9.59 Å². The number of aromatic nitrogens is 1. The number of hydrogen-bond acceptors (Lipinski definition) is 4. The number of anilines is 1. The fourth-order valence-corrected chi connectivity index (χ4v) is 3.21. The number of allylic oxidation sites excluding steroid dienone is 1. The molecule has 1 amide bonds.